The first kappa shape index (κ1) is 16.0. The van der Waals surface area contributed by atoms with Crippen LogP contribution in [0.25, 0.3) is 0 Å². The SMILES string of the molecule is Cc1cc(NC(=O)c2cncc(N3CCOCC3)c2)ccc1Br. The summed E-state index contributed by atoms with van der Waals surface area (Å²) >= 11 is 3.46. The van der Waals surface area contributed by atoms with E-state index in [0.29, 0.717) is 18.8 Å². The van der Waals surface area contributed by atoms with Gasteiger partial charge in [0, 0.05) is 29.4 Å². The lowest BCUT2D eigenvalue weighted by atomic mass is 10.2. The number of hydrogen-bond donors (Lipinski definition) is 1. The zero-order valence-electron chi connectivity index (χ0n) is 12.9. The molecule has 0 unspecified atom stereocenters. The smallest absolute Gasteiger partial charge is 0.257 e. The molecule has 1 aromatic heterocycles. The number of hydrogen-bond acceptors (Lipinski definition) is 4. The van der Waals surface area contributed by atoms with Crippen LogP contribution in [0.5, 0.6) is 0 Å². The van der Waals surface area contributed by atoms with E-state index in [1.165, 1.54) is 0 Å². The fourth-order valence-corrected chi connectivity index (χ4v) is 2.72. The van der Waals surface area contributed by atoms with E-state index in [0.717, 1.165) is 34.5 Å². The maximum Gasteiger partial charge on any atom is 0.257 e. The second-order valence-electron chi connectivity index (χ2n) is 5.45. The number of ether oxygens (including phenoxy) is 1. The molecule has 2 aromatic rings. The van der Waals surface area contributed by atoms with Crippen LogP contribution in [0, 0.1) is 6.92 Å². The third-order valence-corrected chi connectivity index (χ3v) is 4.67. The number of nitrogens with zero attached hydrogens (tertiary/aromatic N) is 2. The summed E-state index contributed by atoms with van der Waals surface area (Å²) in [7, 11) is 0. The Balaban J connectivity index is 1.75. The van der Waals surface area contributed by atoms with Crippen LogP contribution in [0.15, 0.2) is 41.1 Å². The summed E-state index contributed by atoms with van der Waals surface area (Å²) in [5.41, 5.74) is 3.35. The largest absolute Gasteiger partial charge is 0.378 e. The van der Waals surface area contributed by atoms with Crippen LogP contribution < -0.4 is 10.2 Å². The predicted molar refractivity (Wildman–Crippen MR) is 94.1 cm³/mol. The molecular weight excluding hydrogens is 358 g/mol. The van der Waals surface area contributed by atoms with Crippen LogP contribution in [-0.4, -0.2) is 37.2 Å². The quantitative estimate of drug-likeness (QED) is 0.894. The first-order valence-electron chi connectivity index (χ1n) is 7.49. The first-order chi connectivity index (χ1) is 11.1. The van der Waals surface area contributed by atoms with E-state index in [4.69, 9.17) is 4.74 Å². The van der Waals surface area contributed by atoms with Crippen molar-refractivity contribution >= 4 is 33.2 Å². The van der Waals surface area contributed by atoms with Crippen LogP contribution in [0.4, 0.5) is 11.4 Å². The second-order valence-corrected chi connectivity index (χ2v) is 6.30. The normalized spacial score (nSPS) is 14.6. The van der Waals surface area contributed by atoms with E-state index in [9.17, 15) is 4.79 Å². The molecule has 1 amide bonds. The number of pyridine rings is 1. The number of halogens is 1. The number of benzene rings is 1. The minimum atomic E-state index is -0.158. The third-order valence-electron chi connectivity index (χ3n) is 3.78. The van der Waals surface area contributed by atoms with Crippen molar-refractivity contribution in [1.29, 1.82) is 0 Å². The molecule has 0 atom stereocenters. The molecule has 0 spiro atoms. The van der Waals surface area contributed by atoms with Gasteiger partial charge >= 0.3 is 0 Å². The van der Waals surface area contributed by atoms with E-state index in [-0.39, 0.29) is 5.91 Å². The number of morpholine rings is 1. The molecule has 5 nitrogen and oxygen atoms in total. The van der Waals surface area contributed by atoms with Gasteiger partial charge in [0.05, 0.1) is 30.7 Å². The maximum atomic E-state index is 12.4. The van der Waals surface area contributed by atoms with E-state index < -0.39 is 0 Å². The Morgan fingerprint density at radius 1 is 1.26 bits per heavy atom. The van der Waals surface area contributed by atoms with Gasteiger partial charge in [-0.15, -0.1) is 0 Å². The van der Waals surface area contributed by atoms with Crippen LogP contribution >= 0.6 is 15.9 Å². The highest BCUT2D eigenvalue weighted by molar-refractivity contribution is 9.10. The molecule has 1 fully saturated rings. The fourth-order valence-electron chi connectivity index (χ4n) is 2.47. The number of carbonyl (C=O) groups excluding carboxylic acids is 1. The number of aryl methyl sites for hydroxylation is 1. The fraction of sp³-hybridized carbons (Fsp3) is 0.294. The van der Waals surface area contributed by atoms with E-state index in [1.807, 2.05) is 31.2 Å². The lowest BCUT2D eigenvalue weighted by Gasteiger charge is -2.28. The van der Waals surface area contributed by atoms with Gasteiger partial charge in [-0.25, -0.2) is 0 Å². The van der Waals surface area contributed by atoms with Crippen molar-refractivity contribution in [1.82, 2.24) is 4.98 Å². The lowest BCUT2D eigenvalue weighted by molar-refractivity contribution is 0.102. The molecule has 0 aliphatic carbocycles. The molecule has 0 saturated carbocycles. The number of carbonyl (C=O) groups is 1. The zero-order chi connectivity index (χ0) is 16.2. The summed E-state index contributed by atoms with van der Waals surface area (Å²) in [6.45, 7) is 5.03. The van der Waals surface area contributed by atoms with Crippen molar-refractivity contribution in [3.8, 4) is 0 Å². The Morgan fingerprint density at radius 2 is 2.04 bits per heavy atom. The molecule has 0 bridgehead atoms. The number of aromatic nitrogens is 1. The molecule has 120 valence electrons. The van der Waals surface area contributed by atoms with Crippen LogP contribution in [0.2, 0.25) is 0 Å². The van der Waals surface area contributed by atoms with Gasteiger partial charge in [-0.3, -0.25) is 9.78 Å². The molecule has 0 radical (unpaired) electrons. The third kappa shape index (κ3) is 3.89. The van der Waals surface area contributed by atoms with Gasteiger partial charge in [-0.05, 0) is 36.8 Å². The molecule has 1 aliphatic heterocycles. The molecule has 1 aliphatic rings. The van der Waals surface area contributed by atoms with Crippen molar-refractivity contribution in [2.75, 3.05) is 36.5 Å². The van der Waals surface area contributed by atoms with E-state index in [2.05, 4.69) is 31.1 Å². The summed E-state index contributed by atoms with van der Waals surface area (Å²) in [6, 6.07) is 7.60. The monoisotopic (exact) mass is 375 g/mol. The van der Waals surface area contributed by atoms with Crippen molar-refractivity contribution < 1.29 is 9.53 Å². The van der Waals surface area contributed by atoms with Gasteiger partial charge in [-0.2, -0.15) is 0 Å². The summed E-state index contributed by atoms with van der Waals surface area (Å²) in [5.74, 6) is -0.158. The van der Waals surface area contributed by atoms with Gasteiger partial charge in [0.15, 0.2) is 0 Å². The Bertz CT molecular complexity index is 715. The zero-order valence-corrected chi connectivity index (χ0v) is 14.5. The molecule has 2 heterocycles. The Hall–Kier alpha value is -1.92. The molecule has 23 heavy (non-hydrogen) atoms. The van der Waals surface area contributed by atoms with E-state index in [1.54, 1.807) is 12.4 Å². The van der Waals surface area contributed by atoms with Gasteiger partial charge in [0.1, 0.15) is 0 Å². The molecule has 1 saturated heterocycles. The predicted octanol–water partition coefficient (Wildman–Crippen LogP) is 3.24. The number of amides is 1. The Morgan fingerprint density at radius 3 is 2.78 bits per heavy atom. The van der Waals surface area contributed by atoms with Gasteiger partial charge < -0.3 is 15.0 Å². The van der Waals surface area contributed by atoms with Gasteiger partial charge in [0.2, 0.25) is 0 Å². The highest BCUT2D eigenvalue weighted by atomic mass is 79.9. The number of anilines is 2. The summed E-state index contributed by atoms with van der Waals surface area (Å²) in [4.78, 5) is 18.8. The van der Waals surface area contributed by atoms with Crippen molar-refractivity contribution in [3.05, 3.63) is 52.3 Å². The van der Waals surface area contributed by atoms with Crippen LogP contribution in [0.1, 0.15) is 15.9 Å². The first-order valence-corrected chi connectivity index (χ1v) is 8.28. The Kier molecular flexibility index (Phi) is 4.93. The molecule has 6 heteroatoms. The average Bonchev–Trinajstić information content (AvgIpc) is 2.59. The summed E-state index contributed by atoms with van der Waals surface area (Å²) in [5, 5.41) is 2.91. The molecule has 3 rings (SSSR count). The van der Waals surface area contributed by atoms with E-state index >= 15 is 0 Å². The average molecular weight is 376 g/mol. The van der Waals surface area contributed by atoms with Crippen LogP contribution in [-0.2, 0) is 4.74 Å². The second kappa shape index (κ2) is 7.10. The van der Waals surface area contributed by atoms with Crippen LogP contribution in [0.3, 0.4) is 0 Å². The highest BCUT2D eigenvalue weighted by Gasteiger charge is 2.14. The molecular formula is C17H18BrN3O2. The molecule has 1 aromatic carbocycles. The highest BCUT2D eigenvalue weighted by Crippen LogP contribution is 2.21. The van der Waals surface area contributed by atoms with Gasteiger partial charge in [0.25, 0.3) is 5.91 Å². The standard InChI is InChI=1S/C17H18BrN3O2/c1-12-8-14(2-3-16(12)18)20-17(22)13-9-15(11-19-10-13)21-4-6-23-7-5-21/h2-3,8-11H,4-7H2,1H3,(H,20,22). The van der Waals surface area contributed by atoms with Gasteiger partial charge in [-0.1, -0.05) is 15.9 Å². The van der Waals surface area contributed by atoms with Crippen molar-refractivity contribution in [2.45, 2.75) is 6.92 Å². The van der Waals surface area contributed by atoms with Crippen molar-refractivity contribution in [2.24, 2.45) is 0 Å². The number of rotatable bonds is 3. The minimum Gasteiger partial charge on any atom is -0.378 e. The number of nitrogens with one attached hydrogen (secondary N) is 1. The maximum absolute atomic E-state index is 12.4. The lowest BCUT2D eigenvalue weighted by Crippen LogP contribution is -2.36. The van der Waals surface area contributed by atoms with Crippen molar-refractivity contribution in [3.63, 3.8) is 0 Å². The summed E-state index contributed by atoms with van der Waals surface area (Å²) < 4.78 is 6.37. The topological polar surface area (TPSA) is 54.5 Å². The Labute approximate surface area is 143 Å². The summed E-state index contributed by atoms with van der Waals surface area (Å²) in [6.07, 6.45) is 3.37. The molecule has 1 N–H and O–H groups in total. The minimum absolute atomic E-state index is 0.158.